The van der Waals surface area contributed by atoms with E-state index in [1.807, 2.05) is 7.11 Å². The molecule has 0 aliphatic heterocycles. The van der Waals surface area contributed by atoms with Crippen molar-refractivity contribution in [1.82, 2.24) is 0 Å². The molecule has 2 atom stereocenters. The number of rotatable bonds is 6. The molecule has 0 heterocycles. The molecule has 1 aliphatic rings. The van der Waals surface area contributed by atoms with Gasteiger partial charge in [0, 0.05) is 7.11 Å². The number of aryl methyl sites for hydroxylation is 1. The summed E-state index contributed by atoms with van der Waals surface area (Å²) in [6, 6.07) is 10.8. The molecular formula is C17H26O. The molecule has 0 saturated heterocycles. The van der Waals surface area contributed by atoms with E-state index in [9.17, 15) is 0 Å². The lowest BCUT2D eigenvalue weighted by atomic mass is 9.83. The van der Waals surface area contributed by atoms with Gasteiger partial charge in [-0.2, -0.15) is 0 Å². The minimum atomic E-state index is 0.537. The number of ether oxygens (including phenoxy) is 1. The second-order valence-corrected chi connectivity index (χ2v) is 5.55. The number of hydrogen-bond acceptors (Lipinski definition) is 1. The van der Waals surface area contributed by atoms with Gasteiger partial charge in [0.25, 0.3) is 0 Å². The molecule has 1 aliphatic carbocycles. The zero-order valence-corrected chi connectivity index (χ0v) is 11.6. The molecule has 1 aromatic rings. The molecule has 0 bridgehead atoms. The van der Waals surface area contributed by atoms with Gasteiger partial charge >= 0.3 is 0 Å². The minimum absolute atomic E-state index is 0.537. The maximum absolute atomic E-state index is 5.62. The first-order chi connectivity index (χ1) is 8.90. The Hall–Kier alpha value is -0.820. The van der Waals surface area contributed by atoms with E-state index in [1.165, 1.54) is 56.9 Å². The fraction of sp³-hybridized carbons (Fsp3) is 0.647. The van der Waals surface area contributed by atoms with Gasteiger partial charge in [0.1, 0.15) is 0 Å². The number of unbranched alkanes of at least 4 members (excludes halogenated alkanes) is 1. The van der Waals surface area contributed by atoms with Gasteiger partial charge in [0.15, 0.2) is 0 Å². The van der Waals surface area contributed by atoms with Crippen molar-refractivity contribution >= 4 is 0 Å². The Labute approximate surface area is 112 Å². The molecular weight excluding hydrogens is 220 g/mol. The third-order valence-corrected chi connectivity index (χ3v) is 4.28. The quantitative estimate of drug-likeness (QED) is 0.666. The summed E-state index contributed by atoms with van der Waals surface area (Å²) < 4.78 is 5.62. The van der Waals surface area contributed by atoms with Gasteiger partial charge in [-0.1, -0.05) is 49.6 Å². The predicted octanol–water partition coefficient (Wildman–Crippen LogP) is 4.60. The highest BCUT2D eigenvalue weighted by Gasteiger charge is 2.23. The highest BCUT2D eigenvalue weighted by atomic mass is 16.5. The molecule has 0 radical (unpaired) electrons. The van der Waals surface area contributed by atoms with Crippen molar-refractivity contribution in [1.29, 1.82) is 0 Å². The summed E-state index contributed by atoms with van der Waals surface area (Å²) in [5.74, 6) is 0.819. The van der Waals surface area contributed by atoms with Gasteiger partial charge in [-0.15, -0.1) is 0 Å². The number of benzene rings is 1. The zero-order chi connectivity index (χ0) is 12.6. The van der Waals surface area contributed by atoms with Crippen LogP contribution in [0.4, 0.5) is 0 Å². The van der Waals surface area contributed by atoms with E-state index in [2.05, 4.69) is 30.3 Å². The van der Waals surface area contributed by atoms with Crippen LogP contribution >= 0.6 is 0 Å². The Bertz CT molecular complexity index is 320. The number of methoxy groups -OCH3 is 1. The lowest BCUT2D eigenvalue weighted by Crippen LogP contribution is -2.26. The third-order valence-electron chi connectivity index (χ3n) is 4.28. The molecule has 0 aromatic heterocycles. The molecule has 100 valence electrons. The smallest absolute Gasteiger partial charge is 0.0599 e. The molecule has 1 heteroatoms. The van der Waals surface area contributed by atoms with Crippen LogP contribution in [0.2, 0.25) is 0 Å². The van der Waals surface area contributed by atoms with E-state index >= 15 is 0 Å². The van der Waals surface area contributed by atoms with Crippen LogP contribution in [0.5, 0.6) is 0 Å². The Kier molecular flexibility index (Phi) is 5.73. The zero-order valence-electron chi connectivity index (χ0n) is 11.6. The van der Waals surface area contributed by atoms with Gasteiger partial charge in [0.05, 0.1) is 6.10 Å². The van der Waals surface area contributed by atoms with Crippen LogP contribution in [0.1, 0.15) is 50.5 Å². The second-order valence-electron chi connectivity index (χ2n) is 5.55. The van der Waals surface area contributed by atoms with Gasteiger partial charge in [-0.25, -0.2) is 0 Å². The fourth-order valence-electron chi connectivity index (χ4n) is 3.19. The monoisotopic (exact) mass is 246 g/mol. The summed E-state index contributed by atoms with van der Waals surface area (Å²) in [7, 11) is 1.88. The van der Waals surface area contributed by atoms with Crippen LogP contribution in [-0.2, 0) is 11.2 Å². The van der Waals surface area contributed by atoms with Gasteiger partial charge in [-0.3, -0.25) is 0 Å². The van der Waals surface area contributed by atoms with Crippen LogP contribution in [0.15, 0.2) is 30.3 Å². The molecule has 2 rings (SSSR count). The summed E-state index contributed by atoms with van der Waals surface area (Å²) >= 11 is 0. The van der Waals surface area contributed by atoms with Gasteiger partial charge < -0.3 is 4.74 Å². The van der Waals surface area contributed by atoms with E-state index in [0.29, 0.717) is 6.10 Å². The average molecular weight is 246 g/mol. The SMILES string of the molecule is COC1CCCCC1CCCCc1ccccc1. The van der Waals surface area contributed by atoms with Crippen LogP contribution in [0.3, 0.4) is 0 Å². The van der Waals surface area contributed by atoms with E-state index in [1.54, 1.807) is 0 Å². The Morgan fingerprint density at radius 1 is 1.06 bits per heavy atom. The molecule has 0 amide bonds. The van der Waals surface area contributed by atoms with E-state index in [0.717, 1.165) is 5.92 Å². The van der Waals surface area contributed by atoms with Crippen molar-refractivity contribution in [2.75, 3.05) is 7.11 Å². The first-order valence-electron chi connectivity index (χ1n) is 7.47. The largest absolute Gasteiger partial charge is 0.381 e. The summed E-state index contributed by atoms with van der Waals surface area (Å²) in [5, 5.41) is 0. The molecule has 0 N–H and O–H groups in total. The Balaban J connectivity index is 1.65. The van der Waals surface area contributed by atoms with Crippen molar-refractivity contribution in [2.45, 2.75) is 57.5 Å². The van der Waals surface area contributed by atoms with E-state index in [-0.39, 0.29) is 0 Å². The lowest BCUT2D eigenvalue weighted by Gasteiger charge is -2.30. The Morgan fingerprint density at radius 3 is 2.61 bits per heavy atom. The van der Waals surface area contributed by atoms with Gasteiger partial charge in [-0.05, 0) is 43.6 Å². The highest BCUT2D eigenvalue weighted by Crippen LogP contribution is 2.30. The molecule has 2 unspecified atom stereocenters. The van der Waals surface area contributed by atoms with Crippen LogP contribution in [0.25, 0.3) is 0 Å². The minimum Gasteiger partial charge on any atom is -0.381 e. The van der Waals surface area contributed by atoms with Crippen molar-refractivity contribution < 1.29 is 4.74 Å². The lowest BCUT2D eigenvalue weighted by molar-refractivity contribution is 0.0195. The van der Waals surface area contributed by atoms with Crippen molar-refractivity contribution in [3.63, 3.8) is 0 Å². The molecule has 1 saturated carbocycles. The summed E-state index contributed by atoms with van der Waals surface area (Å²) in [5.41, 5.74) is 1.48. The second kappa shape index (κ2) is 7.58. The van der Waals surface area contributed by atoms with E-state index in [4.69, 9.17) is 4.74 Å². The fourth-order valence-corrected chi connectivity index (χ4v) is 3.19. The van der Waals surface area contributed by atoms with Crippen LogP contribution in [-0.4, -0.2) is 13.2 Å². The average Bonchev–Trinajstić information content (AvgIpc) is 2.45. The molecule has 0 spiro atoms. The molecule has 1 aromatic carbocycles. The van der Waals surface area contributed by atoms with E-state index < -0.39 is 0 Å². The standard InChI is InChI=1S/C17H26O/c1-18-17-14-8-7-13-16(17)12-6-5-11-15-9-3-2-4-10-15/h2-4,9-10,16-17H,5-8,11-14H2,1H3. The number of hydrogen-bond donors (Lipinski definition) is 0. The van der Waals surface area contributed by atoms with Gasteiger partial charge in [0.2, 0.25) is 0 Å². The Morgan fingerprint density at radius 2 is 1.83 bits per heavy atom. The van der Waals surface area contributed by atoms with Crippen LogP contribution < -0.4 is 0 Å². The third kappa shape index (κ3) is 4.13. The summed E-state index contributed by atoms with van der Waals surface area (Å²) in [4.78, 5) is 0. The highest BCUT2D eigenvalue weighted by molar-refractivity contribution is 5.14. The molecule has 18 heavy (non-hydrogen) atoms. The molecule has 1 fully saturated rings. The topological polar surface area (TPSA) is 9.23 Å². The predicted molar refractivity (Wildman–Crippen MR) is 76.8 cm³/mol. The van der Waals surface area contributed by atoms with Crippen molar-refractivity contribution in [2.24, 2.45) is 5.92 Å². The summed E-state index contributed by atoms with van der Waals surface area (Å²) in [6.45, 7) is 0. The maximum atomic E-state index is 5.62. The normalized spacial score (nSPS) is 24.1. The van der Waals surface area contributed by atoms with Crippen molar-refractivity contribution in [3.05, 3.63) is 35.9 Å². The first-order valence-corrected chi connectivity index (χ1v) is 7.47. The first kappa shape index (κ1) is 13.6. The summed E-state index contributed by atoms with van der Waals surface area (Å²) in [6.07, 6.45) is 11.2. The van der Waals surface area contributed by atoms with Crippen LogP contribution in [0, 0.1) is 5.92 Å². The van der Waals surface area contributed by atoms with Crippen molar-refractivity contribution in [3.8, 4) is 0 Å². The maximum Gasteiger partial charge on any atom is 0.0599 e. The molecule has 1 nitrogen and oxygen atoms in total.